The predicted octanol–water partition coefficient (Wildman–Crippen LogP) is 4.49. The number of carbonyl (C=O) groups excluding carboxylic acids is 2. The second-order valence-corrected chi connectivity index (χ2v) is 8.25. The summed E-state index contributed by atoms with van der Waals surface area (Å²) in [7, 11) is 0. The zero-order valence-electron chi connectivity index (χ0n) is 17.2. The van der Waals surface area contributed by atoms with Crippen LogP contribution in [0.15, 0.2) is 41.8 Å². The zero-order chi connectivity index (χ0) is 21.3. The Labute approximate surface area is 179 Å². The Bertz CT molecular complexity index is 1120. The number of para-hydroxylation sites is 2. The van der Waals surface area contributed by atoms with Crippen LogP contribution in [0.2, 0.25) is 0 Å². The lowest BCUT2D eigenvalue weighted by atomic mass is 9.99. The standard InChI is InChI=1S/C23H23N3O3S/c1-14-10-16(3)17(11-15(14)2)18-13-30-23(24-18)25-21(27)8-9-26-19-6-4-5-7-20(19)29-12-22(26)28/h4-7,10-11,13H,8-9,12H2,1-3H3,(H,24,25,27). The predicted molar refractivity (Wildman–Crippen MR) is 119 cm³/mol. The lowest BCUT2D eigenvalue weighted by Crippen LogP contribution is -2.40. The minimum atomic E-state index is -0.176. The Kier molecular flexibility index (Phi) is 5.55. The van der Waals surface area contributed by atoms with E-state index in [2.05, 4.69) is 43.2 Å². The molecule has 0 atom stereocenters. The molecule has 30 heavy (non-hydrogen) atoms. The number of fused-ring (bicyclic) bond motifs is 1. The number of thiazole rings is 1. The molecule has 0 bridgehead atoms. The first-order chi connectivity index (χ1) is 14.4. The highest BCUT2D eigenvalue weighted by Crippen LogP contribution is 2.32. The highest BCUT2D eigenvalue weighted by molar-refractivity contribution is 7.14. The largest absolute Gasteiger partial charge is 0.482 e. The Balaban J connectivity index is 1.41. The maximum absolute atomic E-state index is 12.5. The fraction of sp³-hybridized carbons (Fsp3) is 0.261. The molecule has 0 saturated carbocycles. The van der Waals surface area contributed by atoms with E-state index < -0.39 is 0 Å². The van der Waals surface area contributed by atoms with Crippen molar-refractivity contribution in [2.75, 3.05) is 23.4 Å². The van der Waals surface area contributed by atoms with Crippen molar-refractivity contribution in [3.05, 3.63) is 58.5 Å². The first-order valence-corrected chi connectivity index (χ1v) is 10.7. The SMILES string of the molecule is Cc1cc(C)c(-c2csc(NC(=O)CCN3C(=O)COc4ccccc43)n2)cc1C. The third kappa shape index (κ3) is 4.07. The molecule has 0 unspecified atom stereocenters. The van der Waals surface area contributed by atoms with Crippen LogP contribution in [0.5, 0.6) is 5.75 Å². The van der Waals surface area contributed by atoms with E-state index in [1.165, 1.54) is 22.5 Å². The minimum Gasteiger partial charge on any atom is -0.482 e. The summed E-state index contributed by atoms with van der Waals surface area (Å²) in [5.41, 5.74) is 6.25. The van der Waals surface area contributed by atoms with Crippen LogP contribution in [-0.4, -0.2) is 29.9 Å². The topological polar surface area (TPSA) is 71.5 Å². The molecule has 3 aromatic rings. The van der Waals surface area contributed by atoms with Gasteiger partial charge in [0, 0.05) is 23.9 Å². The number of rotatable bonds is 5. The summed E-state index contributed by atoms with van der Waals surface area (Å²) in [6.45, 7) is 6.52. The summed E-state index contributed by atoms with van der Waals surface area (Å²) in [4.78, 5) is 30.9. The number of hydrogen-bond acceptors (Lipinski definition) is 5. The number of aryl methyl sites for hydroxylation is 3. The number of anilines is 2. The van der Waals surface area contributed by atoms with Crippen LogP contribution in [0, 0.1) is 20.8 Å². The molecular formula is C23H23N3O3S. The van der Waals surface area contributed by atoms with Gasteiger partial charge < -0.3 is 15.0 Å². The van der Waals surface area contributed by atoms with E-state index in [1.807, 2.05) is 29.6 Å². The quantitative estimate of drug-likeness (QED) is 0.659. The van der Waals surface area contributed by atoms with Crippen LogP contribution in [0.3, 0.4) is 0 Å². The first-order valence-electron chi connectivity index (χ1n) is 9.78. The van der Waals surface area contributed by atoms with Gasteiger partial charge in [0.15, 0.2) is 11.7 Å². The Hall–Kier alpha value is -3.19. The normalized spacial score (nSPS) is 13.0. The molecule has 7 heteroatoms. The van der Waals surface area contributed by atoms with Crippen LogP contribution in [-0.2, 0) is 9.59 Å². The molecule has 6 nitrogen and oxygen atoms in total. The molecule has 0 aliphatic carbocycles. The summed E-state index contributed by atoms with van der Waals surface area (Å²) in [6.07, 6.45) is 0.178. The third-order valence-corrected chi connectivity index (χ3v) is 6.00. The van der Waals surface area contributed by atoms with Crippen molar-refractivity contribution < 1.29 is 14.3 Å². The van der Waals surface area contributed by atoms with Crippen LogP contribution in [0.4, 0.5) is 10.8 Å². The van der Waals surface area contributed by atoms with E-state index in [9.17, 15) is 9.59 Å². The second kappa shape index (κ2) is 8.28. The van der Waals surface area contributed by atoms with Gasteiger partial charge in [-0.1, -0.05) is 18.2 Å². The monoisotopic (exact) mass is 421 g/mol. The van der Waals surface area contributed by atoms with Crippen LogP contribution in [0.1, 0.15) is 23.1 Å². The number of aromatic nitrogens is 1. The molecule has 0 spiro atoms. The van der Waals surface area contributed by atoms with Crippen molar-refractivity contribution >= 4 is 34.0 Å². The zero-order valence-corrected chi connectivity index (χ0v) is 18.0. The summed E-state index contributed by atoms with van der Waals surface area (Å²) < 4.78 is 5.44. The Morgan fingerprint density at radius 2 is 1.93 bits per heavy atom. The number of nitrogens with zero attached hydrogens (tertiary/aromatic N) is 2. The van der Waals surface area contributed by atoms with Gasteiger partial charge in [-0.3, -0.25) is 9.59 Å². The van der Waals surface area contributed by atoms with E-state index >= 15 is 0 Å². The van der Waals surface area contributed by atoms with Crippen LogP contribution in [0.25, 0.3) is 11.3 Å². The van der Waals surface area contributed by atoms with E-state index in [1.54, 1.807) is 4.90 Å². The fourth-order valence-corrected chi connectivity index (χ4v) is 4.21. The molecule has 1 aromatic heterocycles. The Morgan fingerprint density at radius 3 is 2.77 bits per heavy atom. The van der Waals surface area contributed by atoms with Gasteiger partial charge in [0.05, 0.1) is 11.4 Å². The third-order valence-electron chi connectivity index (χ3n) is 5.24. The lowest BCUT2D eigenvalue weighted by molar-refractivity contribution is -0.121. The molecule has 1 aliphatic heterocycles. The molecule has 0 fully saturated rings. The number of nitrogens with one attached hydrogen (secondary N) is 1. The minimum absolute atomic E-state index is 0.0101. The average molecular weight is 422 g/mol. The molecule has 2 amide bonds. The van der Waals surface area contributed by atoms with Gasteiger partial charge in [0.25, 0.3) is 5.91 Å². The first kappa shape index (κ1) is 20.1. The van der Waals surface area contributed by atoms with Gasteiger partial charge in [-0.25, -0.2) is 4.98 Å². The van der Waals surface area contributed by atoms with E-state index in [0.717, 1.165) is 16.8 Å². The van der Waals surface area contributed by atoms with E-state index in [-0.39, 0.29) is 24.8 Å². The molecule has 1 aliphatic rings. The highest BCUT2D eigenvalue weighted by atomic mass is 32.1. The average Bonchev–Trinajstić information content (AvgIpc) is 3.18. The van der Waals surface area contributed by atoms with Gasteiger partial charge >= 0.3 is 0 Å². The maximum Gasteiger partial charge on any atom is 0.265 e. The van der Waals surface area contributed by atoms with Crippen molar-refractivity contribution in [2.24, 2.45) is 0 Å². The van der Waals surface area contributed by atoms with Crippen molar-refractivity contribution in [1.29, 1.82) is 0 Å². The maximum atomic E-state index is 12.5. The molecule has 2 aromatic carbocycles. The van der Waals surface area contributed by atoms with Gasteiger partial charge in [-0.2, -0.15) is 0 Å². The van der Waals surface area contributed by atoms with Crippen molar-refractivity contribution in [2.45, 2.75) is 27.2 Å². The van der Waals surface area contributed by atoms with Gasteiger partial charge in [-0.05, 0) is 55.7 Å². The number of carbonyl (C=O) groups is 2. The molecule has 4 rings (SSSR count). The smallest absolute Gasteiger partial charge is 0.265 e. The lowest BCUT2D eigenvalue weighted by Gasteiger charge is -2.29. The number of amides is 2. The van der Waals surface area contributed by atoms with Gasteiger partial charge in [-0.15, -0.1) is 11.3 Å². The summed E-state index contributed by atoms with van der Waals surface area (Å²) >= 11 is 1.40. The van der Waals surface area contributed by atoms with Crippen LogP contribution < -0.4 is 15.0 Å². The van der Waals surface area contributed by atoms with Gasteiger partial charge in [0.2, 0.25) is 5.91 Å². The summed E-state index contributed by atoms with van der Waals surface area (Å²) in [5, 5.41) is 5.36. The molecule has 1 N–H and O–H groups in total. The summed E-state index contributed by atoms with van der Waals surface area (Å²) in [6, 6.07) is 11.6. The Morgan fingerprint density at radius 1 is 1.17 bits per heavy atom. The van der Waals surface area contributed by atoms with E-state index in [4.69, 9.17) is 4.74 Å². The number of ether oxygens (including phenoxy) is 1. The fourth-order valence-electron chi connectivity index (χ4n) is 3.49. The molecule has 0 saturated heterocycles. The molecule has 154 valence electrons. The highest BCUT2D eigenvalue weighted by Gasteiger charge is 2.25. The summed E-state index contributed by atoms with van der Waals surface area (Å²) in [5.74, 6) is 0.332. The van der Waals surface area contributed by atoms with Crippen molar-refractivity contribution in [1.82, 2.24) is 4.98 Å². The van der Waals surface area contributed by atoms with Crippen LogP contribution >= 0.6 is 11.3 Å². The van der Waals surface area contributed by atoms with Crippen molar-refractivity contribution in [3.63, 3.8) is 0 Å². The molecule has 0 radical (unpaired) electrons. The van der Waals surface area contributed by atoms with E-state index in [0.29, 0.717) is 23.1 Å². The molecular weight excluding hydrogens is 398 g/mol. The number of hydrogen-bond donors (Lipinski definition) is 1. The molecule has 2 heterocycles. The number of benzene rings is 2. The van der Waals surface area contributed by atoms with Gasteiger partial charge in [0.1, 0.15) is 5.75 Å². The van der Waals surface area contributed by atoms with Crippen molar-refractivity contribution in [3.8, 4) is 17.0 Å². The second-order valence-electron chi connectivity index (χ2n) is 7.39.